The van der Waals surface area contributed by atoms with Crippen LogP contribution in [0.2, 0.25) is 0 Å². The van der Waals surface area contributed by atoms with Crippen LogP contribution in [0.4, 0.5) is 5.69 Å². The summed E-state index contributed by atoms with van der Waals surface area (Å²) in [6, 6.07) is 23.9. The lowest BCUT2D eigenvalue weighted by atomic mass is 9.98. The van der Waals surface area contributed by atoms with Gasteiger partial charge in [-0.3, -0.25) is 14.5 Å². The van der Waals surface area contributed by atoms with E-state index in [0.717, 1.165) is 27.1 Å². The van der Waals surface area contributed by atoms with Gasteiger partial charge in [-0.25, -0.2) is 0 Å². The van der Waals surface area contributed by atoms with Crippen molar-refractivity contribution >= 4 is 34.5 Å². The first-order valence-electron chi connectivity index (χ1n) is 12.0. The SMILES string of the molecule is Cc1cc(/C(O)=C2/C(=O)C(=O)N(c3cccc(C)c3C)C2c2cccs2)ccc1OCc1ccccc1. The summed E-state index contributed by atoms with van der Waals surface area (Å²) < 4.78 is 5.98. The minimum Gasteiger partial charge on any atom is -0.507 e. The van der Waals surface area contributed by atoms with Gasteiger partial charge in [0.15, 0.2) is 0 Å². The second-order valence-electron chi connectivity index (χ2n) is 9.16. The molecular weight excluding hydrogens is 482 g/mol. The number of amides is 1. The Morgan fingerprint density at radius 2 is 1.70 bits per heavy atom. The fourth-order valence-electron chi connectivity index (χ4n) is 4.64. The summed E-state index contributed by atoms with van der Waals surface area (Å²) in [5.41, 5.74) is 5.02. The van der Waals surface area contributed by atoms with E-state index >= 15 is 0 Å². The van der Waals surface area contributed by atoms with Gasteiger partial charge in [0.2, 0.25) is 0 Å². The predicted molar refractivity (Wildman–Crippen MR) is 147 cm³/mol. The zero-order valence-corrected chi connectivity index (χ0v) is 21.7. The van der Waals surface area contributed by atoms with Crippen LogP contribution in [0.25, 0.3) is 5.76 Å². The molecule has 0 saturated carbocycles. The lowest BCUT2D eigenvalue weighted by Crippen LogP contribution is -2.29. The van der Waals surface area contributed by atoms with E-state index in [-0.39, 0.29) is 11.3 Å². The molecule has 1 aliphatic rings. The summed E-state index contributed by atoms with van der Waals surface area (Å²) in [6.45, 7) is 6.22. The average molecular weight is 510 g/mol. The van der Waals surface area contributed by atoms with Crippen LogP contribution in [0.3, 0.4) is 0 Å². The number of aryl methyl sites for hydroxylation is 2. The molecule has 3 aromatic carbocycles. The first-order valence-corrected chi connectivity index (χ1v) is 12.9. The van der Waals surface area contributed by atoms with E-state index in [1.807, 2.05) is 86.8 Å². The van der Waals surface area contributed by atoms with Crippen molar-refractivity contribution < 1.29 is 19.4 Å². The minimum atomic E-state index is -0.713. The van der Waals surface area contributed by atoms with Gasteiger partial charge in [0.1, 0.15) is 24.2 Å². The number of aliphatic hydroxyl groups is 1. The average Bonchev–Trinajstić information content (AvgIpc) is 3.52. The third kappa shape index (κ3) is 4.56. The molecule has 1 fully saturated rings. The van der Waals surface area contributed by atoms with Crippen LogP contribution in [-0.4, -0.2) is 16.8 Å². The van der Waals surface area contributed by atoms with E-state index in [1.165, 1.54) is 16.2 Å². The van der Waals surface area contributed by atoms with Crippen molar-refractivity contribution in [2.75, 3.05) is 4.90 Å². The number of nitrogens with zero attached hydrogens (tertiary/aromatic N) is 1. The van der Waals surface area contributed by atoms with Crippen LogP contribution in [0.1, 0.15) is 38.7 Å². The van der Waals surface area contributed by atoms with Crippen molar-refractivity contribution in [2.45, 2.75) is 33.4 Å². The van der Waals surface area contributed by atoms with Crippen molar-refractivity contribution in [1.29, 1.82) is 0 Å². The molecule has 5 nitrogen and oxygen atoms in total. The third-order valence-corrected chi connectivity index (χ3v) is 7.70. The molecule has 1 unspecified atom stereocenters. The van der Waals surface area contributed by atoms with E-state index < -0.39 is 17.7 Å². The number of carbonyl (C=O) groups excluding carboxylic acids is 2. The first kappa shape index (κ1) is 24.5. The highest BCUT2D eigenvalue weighted by Crippen LogP contribution is 2.45. The largest absolute Gasteiger partial charge is 0.507 e. The van der Waals surface area contributed by atoms with Gasteiger partial charge >= 0.3 is 0 Å². The summed E-state index contributed by atoms with van der Waals surface area (Å²) in [7, 11) is 0. The van der Waals surface area contributed by atoms with Gasteiger partial charge in [0.25, 0.3) is 11.7 Å². The van der Waals surface area contributed by atoms with Crippen LogP contribution in [0, 0.1) is 20.8 Å². The Bertz CT molecular complexity index is 1510. The predicted octanol–water partition coefficient (Wildman–Crippen LogP) is 6.88. The van der Waals surface area contributed by atoms with Gasteiger partial charge < -0.3 is 9.84 Å². The summed E-state index contributed by atoms with van der Waals surface area (Å²) in [4.78, 5) is 29.1. The topological polar surface area (TPSA) is 66.8 Å². The minimum absolute atomic E-state index is 0.0886. The fraction of sp³-hybridized carbons (Fsp3) is 0.161. The second kappa shape index (κ2) is 10.1. The number of carbonyl (C=O) groups is 2. The normalized spacial score (nSPS) is 16.8. The highest BCUT2D eigenvalue weighted by molar-refractivity contribution is 7.10. The number of thiophene rings is 1. The summed E-state index contributed by atoms with van der Waals surface area (Å²) in [5.74, 6) is -0.847. The molecule has 6 heteroatoms. The van der Waals surface area contributed by atoms with Gasteiger partial charge in [-0.15, -0.1) is 11.3 Å². The molecule has 0 aliphatic carbocycles. The van der Waals surface area contributed by atoms with E-state index in [0.29, 0.717) is 23.6 Å². The Morgan fingerprint density at radius 3 is 2.41 bits per heavy atom. The number of rotatable bonds is 6. The molecule has 0 spiro atoms. The van der Waals surface area contributed by atoms with Gasteiger partial charge in [0.05, 0.1) is 5.57 Å². The van der Waals surface area contributed by atoms with Crippen molar-refractivity contribution in [3.05, 3.63) is 123 Å². The summed E-state index contributed by atoms with van der Waals surface area (Å²) >= 11 is 1.45. The van der Waals surface area contributed by atoms with Crippen molar-refractivity contribution in [2.24, 2.45) is 0 Å². The maximum absolute atomic E-state index is 13.4. The number of ether oxygens (including phenoxy) is 1. The second-order valence-corrected chi connectivity index (χ2v) is 10.1. The molecule has 1 saturated heterocycles. The lowest BCUT2D eigenvalue weighted by molar-refractivity contribution is -0.132. The molecule has 1 aliphatic heterocycles. The highest BCUT2D eigenvalue weighted by Gasteiger charge is 2.47. The van der Waals surface area contributed by atoms with Crippen LogP contribution >= 0.6 is 11.3 Å². The van der Waals surface area contributed by atoms with Gasteiger partial charge in [-0.1, -0.05) is 48.5 Å². The zero-order chi connectivity index (χ0) is 26.1. The number of anilines is 1. The first-order chi connectivity index (χ1) is 17.9. The van der Waals surface area contributed by atoms with Crippen molar-refractivity contribution in [3.8, 4) is 5.75 Å². The molecule has 186 valence electrons. The van der Waals surface area contributed by atoms with Crippen LogP contribution in [0.15, 0.2) is 89.8 Å². The number of aliphatic hydroxyl groups excluding tert-OH is 1. The van der Waals surface area contributed by atoms with Crippen LogP contribution in [-0.2, 0) is 16.2 Å². The standard InChI is InChI=1S/C31H27NO4S/c1-19-9-7-12-24(21(19)3)32-28(26-13-8-16-37-26)27(30(34)31(32)35)29(33)23-14-15-25(20(2)17-23)36-18-22-10-5-4-6-11-22/h4-17,28,33H,18H2,1-3H3/b29-27-. The van der Waals surface area contributed by atoms with E-state index in [4.69, 9.17) is 4.74 Å². The maximum Gasteiger partial charge on any atom is 0.300 e. The quantitative estimate of drug-likeness (QED) is 0.175. The number of hydrogen-bond donors (Lipinski definition) is 1. The molecule has 1 amide bonds. The van der Waals surface area contributed by atoms with Gasteiger partial charge in [0, 0.05) is 16.1 Å². The Kier molecular flexibility index (Phi) is 6.68. The Morgan fingerprint density at radius 1 is 0.919 bits per heavy atom. The fourth-order valence-corrected chi connectivity index (χ4v) is 5.47. The smallest absolute Gasteiger partial charge is 0.300 e. The summed E-state index contributed by atoms with van der Waals surface area (Å²) in [5, 5.41) is 13.3. The van der Waals surface area contributed by atoms with Crippen LogP contribution < -0.4 is 9.64 Å². The number of Topliss-reactive ketones (excluding diaryl/α,β-unsaturated/α-hetero) is 1. The summed E-state index contributed by atoms with van der Waals surface area (Å²) in [6.07, 6.45) is 0. The lowest BCUT2D eigenvalue weighted by Gasteiger charge is -2.26. The molecule has 1 atom stereocenters. The van der Waals surface area contributed by atoms with E-state index in [9.17, 15) is 14.7 Å². The van der Waals surface area contributed by atoms with Gasteiger partial charge in [-0.05, 0) is 78.7 Å². The molecule has 5 rings (SSSR count). The Balaban J connectivity index is 1.55. The van der Waals surface area contributed by atoms with E-state index in [2.05, 4.69) is 0 Å². The number of ketones is 1. The van der Waals surface area contributed by atoms with Crippen LogP contribution in [0.5, 0.6) is 5.75 Å². The Labute approximate surface area is 220 Å². The monoisotopic (exact) mass is 509 g/mol. The third-order valence-electron chi connectivity index (χ3n) is 6.78. The molecule has 0 bridgehead atoms. The number of benzene rings is 3. The van der Waals surface area contributed by atoms with Gasteiger partial charge in [-0.2, -0.15) is 0 Å². The Hall–Kier alpha value is -4.16. The molecule has 1 aromatic heterocycles. The zero-order valence-electron chi connectivity index (χ0n) is 20.9. The molecule has 0 radical (unpaired) electrons. The molecule has 37 heavy (non-hydrogen) atoms. The molecular formula is C31H27NO4S. The maximum atomic E-state index is 13.4. The van der Waals surface area contributed by atoms with Crippen molar-refractivity contribution in [3.63, 3.8) is 0 Å². The van der Waals surface area contributed by atoms with E-state index in [1.54, 1.807) is 18.2 Å². The molecule has 1 N–H and O–H groups in total. The number of hydrogen-bond acceptors (Lipinski definition) is 5. The van der Waals surface area contributed by atoms with Crippen molar-refractivity contribution in [1.82, 2.24) is 0 Å². The highest BCUT2D eigenvalue weighted by atomic mass is 32.1. The molecule has 4 aromatic rings. The molecule has 2 heterocycles.